The van der Waals surface area contributed by atoms with Crippen molar-refractivity contribution in [3.63, 3.8) is 0 Å². The van der Waals surface area contributed by atoms with Gasteiger partial charge in [0.25, 0.3) is 0 Å². The average molecular weight is 456 g/mol. The number of hydrogen-bond acceptors (Lipinski definition) is 5. The second-order valence-corrected chi connectivity index (χ2v) is 8.75. The third-order valence-corrected chi connectivity index (χ3v) is 6.52. The lowest BCUT2D eigenvalue weighted by atomic mass is 10.1. The molecule has 178 valence electrons. The van der Waals surface area contributed by atoms with E-state index in [4.69, 9.17) is 4.74 Å². The Kier molecular flexibility index (Phi) is 7.67. The van der Waals surface area contributed by atoms with Crippen LogP contribution in [0.15, 0.2) is 48.5 Å². The molecule has 0 aromatic heterocycles. The number of likely N-dealkylation sites (N-methyl/N-ethyl adjacent to an activating group) is 1. The van der Waals surface area contributed by atoms with Crippen LogP contribution in [0.2, 0.25) is 0 Å². The summed E-state index contributed by atoms with van der Waals surface area (Å²) in [6.07, 6.45) is -0.668. The number of ether oxygens (including phenoxy) is 1. The van der Waals surface area contributed by atoms with Crippen LogP contribution in [-0.2, 0) is 6.42 Å². The molecule has 1 atom stereocenters. The Balaban J connectivity index is 1.32. The normalized spacial score (nSPS) is 18.8. The number of methoxy groups -OCH3 is 1. The lowest BCUT2D eigenvalue weighted by Crippen LogP contribution is -2.52. The maximum atomic E-state index is 14.8. The Hall–Kier alpha value is -2.84. The van der Waals surface area contributed by atoms with E-state index < -0.39 is 6.30 Å². The molecule has 2 fully saturated rings. The fourth-order valence-electron chi connectivity index (χ4n) is 4.41. The third-order valence-electron chi connectivity index (χ3n) is 6.52. The van der Waals surface area contributed by atoms with Gasteiger partial charge < -0.3 is 24.8 Å². The maximum absolute atomic E-state index is 14.8. The Bertz CT molecular complexity index is 912. The molecule has 33 heavy (non-hydrogen) atoms. The zero-order chi connectivity index (χ0) is 23.2. The van der Waals surface area contributed by atoms with Crippen LogP contribution >= 0.6 is 0 Å². The van der Waals surface area contributed by atoms with Gasteiger partial charge in [0.1, 0.15) is 5.75 Å². The van der Waals surface area contributed by atoms with E-state index in [0.717, 1.165) is 48.9 Å². The highest BCUT2D eigenvalue weighted by atomic mass is 19.1. The minimum atomic E-state index is -1.04. The number of amides is 2. The van der Waals surface area contributed by atoms with Gasteiger partial charge in [0.2, 0.25) is 0 Å². The van der Waals surface area contributed by atoms with Crippen LogP contribution in [0.3, 0.4) is 0 Å². The number of urea groups is 1. The van der Waals surface area contributed by atoms with Gasteiger partial charge in [0, 0.05) is 64.5 Å². The number of anilines is 2. The minimum absolute atomic E-state index is 0.150. The summed E-state index contributed by atoms with van der Waals surface area (Å²) in [5, 5.41) is 3.02. The van der Waals surface area contributed by atoms with Gasteiger partial charge >= 0.3 is 6.03 Å². The van der Waals surface area contributed by atoms with Crippen molar-refractivity contribution in [1.29, 1.82) is 0 Å². The number of nitrogens with zero attached hydrogens (tertiary/aromatic N) is 4. The van der Waals surface area contributed by atoms with E-state index in [1.807, 2.05) is 53.4 Å². The summed E-state index contributed by atoms with van der Waals surface area (Å²) >= 11 is 0. The van der Waals surface area contributed by atoms with Crippen LogP contribution in [0, 0.1) is 0 Å². The molecule has 2 saturated heterocycles. The summed E-state index contributed by atoms with van der Waals surface area (Å²) in [7, 11) is 3.79. The van der Waals surface area contributed by atoms with Crippen molar-refractivity contribution in [2.75, 3.05) is 76.7 Å². The monoisotopic (exact) mass is 455 g/mol. The number of hydrogen-bond donors (Lipinski definition) is 1. The Morgan fingerprint density at radius 1 is 1.00 bits per heavy atom. The second-order valence-electron chi connectivity index (χ2n) is 8.75. The number of nitrogens with one attached hydrogen (secondary N) is 1. The number of carbonyl (C=O) groups is 1. The number of piperazine rings is 2. The third kappa shape index (κ3) is 5.94. The van der Waals surface area contributed by atoms with Crippen LogP contribution in [-0.4, -0.2) is 93.5 Å². The molecule has 2 aliphatic rings. The SMILES string of the molecule is COc1ccc(NC(=O)N2CCN(C(F)Cc3ccccc3)CC2)cc1N1CCN(C)CC1. The zero-order valence-electron chi connectivity index (χ0n) is 19.5. The summed E-state index contributed by atoms with van der Waals surface area (Å²) in [4.78, 5) is 21.0. The van der Waals surface area contributed by atoms with Gasteiger partial charge in [-0.1, -0.05) is 30.3 Å². The second kappa shape index (κ2) is 10.9. The van der Waals surface area contributed by atoms with E-state index in [1.54, 1.807) is 12.0 Å². The van der Waals surface area contributed by atoms with Gasteiger partial charge in [-0.05, 0) is 30.8 Å². The zero-order valence-corrected chi connectivity index (χ0v) is 19.5. The van der Waals surface area contributed by atoms with Gasteiger partial charge in [-0.2, -0.15) is 0 Å². The van der Waals surface area contributed by atoms with Gasteiger partial charge in [-0.25, -0.2) is 9.18 Å². The molecular weight excluding hydrogens is 421 g/mol. The lowest BCUT2D eigenvalue weighted by molar-refractivity contribution is 0.0437. The van der Waals surface area contributed by atoms with Crippen LogP contribution in [0.25, 0.3) is 0 Å². The molecule has 0 spiro atoms. The van der Waals surface area contributed by atoms with Crippen molar-refractivity contribution < 1.29 is 13.9 Å². The molecular formula is C25H34FN5O2. The van der Waals surface area contributed by atoms with Gasteiger partial charge in [-0.15, -0.1) is 0 Å². The maximum Gasteiger partial charge on any atom is 0.321 e. The quantitative estimate of drug-likeness (QED) is 0.679. The fraction of sp³-hybridized carbons (Fsp3) is 0.480. The molecule has 0 radical (unpaired) electrons. The van der Waals surface area contributed by atoms with Crippen LogP contribution in [0.5, 0.6) is 5.75 Å². The first kappa shape index (κ1) is 23.3. The molecule has 2 aromatic rings. The van der Waals surface area contributed by atoms with E-state index in [-0.39, 0.29) is 6.03 Å². The fourth-order valence-corrected chi connectivity index (χ4v) is 4.41. The highest BCUT2D eigenvalue weighted by molar-refractivity contribution is 5.90. The molecule has 0 aliphatic carbocycles. The standard InChI is InChI=1S/C25H34FN5O2/c1-28-10-12-29(13-11-28)22-19-21(8-9-23(22)33-2)27-25(32)31-16-14-30(15-17-31)24(26)18-20-6-4-3-5-7-20/h3-9,19,24H,10-18H2,1-2H3,(H,27,32). The Morgan fingerprint density at radius 2 is 1.70 bits per heavy atom. The summed E-state index contributed by atoms with van der Waals surface area (Å²) in [6, 6.07) is 15.3. The summed E-state index contributed by atoms with van der Waals surface area (Å²) in [5.41, 5.74) is 2.72. The minimum Gasteiger partial charge on any atom is -0.495 e. The molecule has 0 saturated carbocycles. The number of rotatable bonds is 6. The summed E-state index contributed by atoms with van der Waals surface area (Å²) in [5.74, 6) is 0.804. The van der Waals surface area contributed by atoms with Crippen molar-refractivity contribution in [3.05, 3.63) is 54.1 Å². The summed E-state index contributed by atoms with van der Waals surface area (Å²) < 4.78 is 20.3. The van der Waals surface area contributed by atoms with Gasteiger partial charge in [0.05, 0.1) is 12.8 Å². The van der Waals surface area contributed by atoms with Gasteiger partial charge in [0.15, 0.2) is 6.30 Å². The van der Waals surface area contributed by atoms with E-state index in [1.165, 1.54) is 0 Å². The molecule has 2 aromatic carbocycles. The molecule has 0 bridgehead atoms. The van der Waals surface area contributed by atoms with E-state index in [0.29, 0.717) is 32.6 Å². The van der Waals surface area contributed by atoms with Crippen LogP contribution in [0.1, 0.15) is 5.56 Å². The van der Waals surface area contributed by atoms with E-state index >= 15 is 0 Å². The van der Waals surface area contributed by atoms with Gasteiger partial charge in [-0.3, -0.25) is 4.90 Å². The average Bonchev–Trinajstić information content (AvgIpc) is 2.85. The predicted molar refractivity (Wildman–Crippen MR) is 130 cm³/mol. The number of carbonyl (C=O) groups excluding carboxylic acids is 1. The van der Waals surface area contributed by atoms with Crippen molar-refractivity contribution in [3.8, 4) is 5.75 Å². The molecule has 8 heteroatoms. The molecule has 2 heterocycles. The largest absolute Gasteiger partial charge is 0.495 e. The Labute approximate surface area is 195 Å². The number of alkyl halides is 1. The van der Waals surface area contributed by atoms with Crippen molar-refractivity contribution >= 4 is 17.4 Å². The number of halogens is 1. The van der Waals surface area contributed by atoms with Crippen molar-refractivity contribution in [2.24, 2.45) is 0 Å². The molecule has 1 unspecified atom stereocenters. The van der Waals surface area contributed by atoms with E-state index in [2.05, 4.69) is 22.2 Å². The molecule has 1 N–H and O–H groups in total. The molecule has 4 rings (SSSR count). The van der Waals surface area contributed by atoms with Crippen LogP contribution in [0.4, 0.5) is 20.6 Å². The number of benzene rings is 2. The van der Waals surface area contributed by atoms with Crippen molar-refractivity contribution in [2.45, 2.75) is 12.7 Å². The van der Waals surface area contributed by atoms with E-state index in [9.17, 15) is 9.18 Å². The van der Waals surface area contributed by atoms with Crippen molar-refractivity contribution in [1.82, 2.24) is 14.7 Å². The highest BCUT2D eigenvalue weighted by Gasteiger charge is 2.26. The predicted octanol–water partition coefficient (Wildman–Crippen LogP) is 3.13. The summed E-state index contributed by atoms with van der Waals surface area (Å²) in [6.45, 7) is 5.87. The first-order chi connectivity index (χ1) is 16.0. The molecule has 2 aliphatic heterocycles. The van der Waals surface area contributed by atoms with Crippen LogP contribution < -0.4 is 15.0 Å². The Morgan fingerprint density at radius 3 is 2.36 bits per heavy atom. The molecule has 2 amide bonds. The lowest BCUT2D eigenvalue weighted by Gasteiger charge is -2.36. The smallest absolute Gasteiger partial charge is 0.321 e. The highest BCUT2D eigenvalue weighted by Crippen LogP contribution is 2.32. The first-order valence-electron chi connectivity index (χ1n) is 11.6. The first-order valence-corrected chi connectivity index (χ1v) is 11.6. The topological polar surface area (TPSA) is 51.3 Å². The molecule has 7 nitrogen and oxygen atoms in total.